The zero-order valence-corrected chi connectivity index (χ0v) is 7.31. The van der Waals surface area contributed by atoms with E-state index in [0.717, 1.165) is 25.9 Å². The van der Waals surface area contributed by atoms with E-state index in [0.29, 0.717) is 0 Å². The highest BCUT2D eigenvalue weighted by Gasteiger charge is 2.47. The molecule has 1 aliphatic heterocycles. The summed E-state index contributed by atoms with van der Waals surface area (Å²) in [7, 11) is 0. The third kappa shape index (κ3) is 1.04. The van der Waals surface area contributed by atoms with Crippen LogP contribution in [0.5, 0.6) is 0 Å². The molecule has 2 unspecified atom stereocenters. The largest absolute Gasteiger partial charge is 0.369 e. The summed E-state index contributed by atoms with van der Waals surface area (Å²) in [5.74, 6) is 0.0590. The van der Waals surface area contributed by atoms with Gasteiger partial charge in [0.05, 0.1) is 0 Å². The van der Waals surface area contributed by atoms with E-state index in [1.807, 2.05) is 0 Å². The molecule has 3 heteroatoms. The van der Waals surface area contributed by atoms with Crippen LogP contribution < -0.4 is 11.1 Å². The molecule has 1 saturated carbocycles. The topological polar surface area (TPSA) is 55.1 Å². The summed E-state index contributed by atoms with van der Waals surface area (Å²) < 4.78 is 0. The third-order valence-corrected chi connectivity index (χ3v) is 3.53. The average Bonchev–Trinajstić information content (AvgIpc) is 2.61. The summed E-state index contributed by atoms with van der Waals surface area (Å²) in [6, 6.07) is 0. The lowest BCUT2D eigenvalue weighted by Gasteiger charge is -2.27. The van der Waals surface area contributed by atoms with Crippen LogP contribution >= 0.6 is 0 Å². The van der Waals surface area contributed by atoms with Gasteiger partial charge in [0.2, 0.25) is 5.91 Å². The van der Waals surface area contributed by atoms with E-state index in [9.17, 15) is 4.79 Å². The molecule has 1 saturated heterocycles. The zero-order chi connectivity index (χ0) is 8.60. The Hall–Kier alpha value is -0.570. The van der Waals surface area contributed by atoms with Crippen LogP contribution in [0.15, 0.2) is 0 Å². The molecule has 1 aliphatic carbocycles. The second kappa shape index (κ2) is 2.73. The summed E-state index contributed by atoms with van der Waals surface area (Å²) in [5, 5.41) is 3.33. The van der Waals surface area contributed by atoms with Gasteiger partial charge in [-0.2, -0.15) is 0 Å². The number of carbonyl (C=O) groups is 1. The first-order chi connectivity index (χ1) is 5.75. The van der Waals surface area contributed by atoms with Crippen molar-refractivity contribution < 1.29 is 4.79 Å². The fourth-order valence-corrected chi connectivity index (χ4v) is 2.86. The van der Waals surface area contributed by atoms with Gasteiger partial charge in [0.25, 0.3) is 0 Å². The number of hydrogen-bond donors (Lipinski definition) is 2. The van der Waals surface area contributed by atoms with Gasteiger partial charge in [-0.05, 0) is 31.2 Å². The number of nitrogens with one attached hydrogen (secondary N) is 1. The van der Waals surface area contributed by atoms with Crippen LogP contribution in [0.4, 0.5) is 0 Å². The zero-order valence-electron chi connectivity index (χ0n) is 7.31. The molecule has 0 bridgehead atoms. The summed E-state index contributed by atoms with van der Waals surface area (Å²) in [6.07, 6.45) is 4.51. The first kappa shape index (κ1) is 8.05. The Morgan fingerprint density at radius 3 is 2.92 bits per heavy atom. The van der Waals surface area contributed by atoms with Crippen molar-refractivity contribution in [3.63, 3.8) is 0 Å². The van der Waals surface area contributed by atoms with Crippen LogP contribution in [0, 0.1) is 11.3 Å². The van der Waals surface area contributed by atoms with Gasteiger partial charge in [-0.15, -0.1) is 0 Å². The predicted octanol–water partition coefficient (Wildman–Crippen LogP) is 0.251. The van der Waals surface area contributed by atoms with Crippen LogP contribution in [0.3, 0.4) is 0 Å². The Labute approximate surface area is 72.7 Å². The Kier molecular flexibility index (Phi) is 1.83. The lowest BCUT2D eigenvalue weighted by molar-refractivity contribution is -0.124. The molecular formula is C9H16N2O. The fraction of sp³-hybridized carbons (Fsp3) is 0.889. The maximum absolute atomic E-state index is 11.2. The van der Waals surface area contributed by atoms with Crippen LogP contribution in [-0.2, 0) is 4.79 Å². The van der Waals surface area contributed by atoms with Crippen molar-refractivity contribution in [3.8, 4) is 0 Å². The number of primary amides is 1. The van der Waals surface area contributed by atoms with Crippen molar-refractivity contribution in [1.82, 2.24) is 5.32 Å². The minimum Gasteiger partial charge on any atom is -0.369 e. The molecule has 3 nitrogen and oxygen atoms in total. The maximum Gasteiger partial charge on any atom is 0.221 e. The first-order valence-corrected chi connectivity index (χ1v) is 4.75. The molecule has 0 aromatic rings. The highest BCUT2D eigenvalue weighted by molar-refractivity contribution is 5.78. The van der Waals surface area contributed by atoms with Gasteiger partial charge in [-0.3, -0.25) is 4.79 Å². The molecule has 3 N–H and O–H groups in total. The molecular weight excluding hydrogens is 152 g/mol. The molecule has 2 atom stereocenters. The molecule has 2 rings (SSSR count). The monoisotopic (exact) mass is 168 g/mol. The number of nitrogens with two attached hydrogens (primary N) is 1. The molecule has 1 heterocycles. The highest BCUT2D eigenvalue weighted by Crippen LogP contribution is 2.47. The Morgan fingerprint density at radius 2 is 2.33 bits per heavy atom. The summed E-state index contributed by atoms with van der Waals surface area (Å²) >= 11 is 0. The Bertz CT molecular complexity index is 191. The molecule has 0 aromatic heterocycles. The van der Waals surface area contributed by atoms with E-state index in [1.54, 1.807) is 0 Å². The molecule has 2 aliphatic rings. The quantitative estimate of drug-likeness (QED) is 0.589. The second-order valence-electron chi connectivity index (χ2n) is 4.14. The number of amides is 1. The Balaban J connectivity index is 2.17. The summed E-state index contributed by atoms with van der Waals surface area (Å²) in [6.45, 7) is 2.06. The molecule has 2 fully saturated rings. The predicted molar refractivity (Wildman–Crippen MR) is 46.5 cm³/mol. The van der Waals surface area contributed by atoms with Gasteiger partial charge >= 0.3 is 0 Å². The van der Waals surface area contributed by atoms with Crippen molar-refractivity contribution in [2.45, 2.75) is 25.7 Å². The van der Waals surface area contributed by atoms with E-state index >= 15 is 0 Å². The van der Waals surface area contributed by atoms with Gasteiger partial charge in [0.15, 0.2) is 0 Å². The Morgan fingerprint density at radius 1 is 1.50 bits per heavy atom. The average molecular weight is 168 g/mol. The van der Waals surface area contributed by atoms with Gasteiger partial charge in [0, 0.05) is 12.5 Å². The van der Waals surface area contributed by atoms with Crippen LogP contribution in [0.25, 0.3) is 0 Å². The fourth-order valence-electron chi connectivity index (χ4n) is 2.86. The normalized spacial score (nSPS) is 40.8. The van der Waals surface area contributed by atoms with E-state index in [1.165, 1.54) is 12.8 Å². The van der Waals surface area contributed by atoms with Gasteiger partial charge in [-0.1, -0.05) is 6.42 Å². The minimum atomic E-state index is -0.0869. The van der Waals surface area contributed by atoms with Gasteiger partial charge in [0.1, 0.15) is 0 Å². The highest BCUT2D eigenvalue weighted by atomic mass is 16.1. The lowest BCUT2D eigenvalue weighted by atomic mass is 9.77. The number of carbonyl (C=O) groups excluding carboxylic acids is 1. The number of hydrogen-bond acceptors (Lipinski definition) is 2. The van der Waals surface area contributed by atoms with Crippen molar-refractivity contribution in [1.29, 1.82) is 0 Å². The SMILES string of the molecule is NC(=O)C1CCCC12CCNC2. The van der Waals surface area contributed by atoms with E-state index in [-0.39, 0.29) is 17.2 Å². The molecule has 12 heavy (non-hydrogen) atoms. The first-order valence-electron chi connectivity index (χ1n) is 4.75. The molecule has 68 valence electrons. The van der Waals surface area contributed by atoms with Gasteiger partial charge in [-0.25, -0.2) is 0 Å². The summed E-state index contributed by atoms with van der Waals surface area (Å²) in [4.78, 5) is 11.2. The number of rotatable bonds is 1. The van der Waals surface area contributed by atoms with Crippen molar-refractivity contribution >= 4 is 5.91 Å². The molecule has 0 radical (unpaired) electrons. The van der Waals surface area contributed by atoms with E-state index in [2.05, 4.69) is 5.32 Å². The molecule has 1 amide bonds. The van der Waals surface area contributed by atoms with Crippen LogP contribution in [-0.4, -0.2) is 19.0 Å². The third-order valence-electron chi connectivity index (χ3n) is 3.53. The van der Waals surface area contributed by atoms with Crippen molar-refractivity contribution in [3.05, 3.63) is 0 Å². The van der Waals surface area contributed by atoms with Crippen molar-refractivity contribution in [2.24, 2.45) is 17.1 Å². The van der Waals surface area contributed by atoms with Crippen LogP contribution in [0.2, 0.25) is 0 Å². The minimum absolute atomic E-state index is 0.0869. The van der Waals surface area contributed by atoms with Crippen LogP contribution in [0.1, 0.15) is 25.7 Å². The standard InChI is InChI=1S/C9H16N2O/c10-8(12)7-2-1-3-9(7)4-5-11-6-9/h7,11H,1-6H2,(H2,10,12). The van der Waals surface area contributed by atoms with Crippen molar-refractivity contribution in [2.75, 3.05) is 13.1 Å². The second-order valence-corrected chi connectivity index (χ2v) is 4.14. The van der Waals surface area contributed by atoms with E-state index < -0.39 is 0 Å². The maximum atomic E-state index is 11.2. The molecule has 1 spiro atoms. The summed E-state index contributed by atoms with van der Waals surface area (Å²) in [5.41, 5.74) is 5.63. The lowest BCUT2D eigenvalue weighted by Crippen LogP contribution is -2.37. The molecule has 0 aromatic carbocycles. The van der Waals surface area contributed by atoms with Gasteiger partial charge < -0.3 is 11.1 Å². The van der Waals surface area contributed by atoms with E-state index in [4.69, 9.17) is 5.73 Å². The smallest absolute Gasteiger partial charge is 0.221 e.